The lowest BCUT2D eigenvalue weighted by Crippen LogP contribution is -2.08. The lowest BCUT2D eigenvalue weighted by molar-refractivity contribution is -0.385. The van der Waals surface area contributed by atoms with Crippen LogP contribution in [0.1, 0.15) is 24.2 Å². The van der Waals surface area contributed by atoms with Crippen molar-refractivity contribution >= 4 is 11.5 Å². The molecule has 1 aromatic heterocycles. The highest BCUT2D eigenvalue weighted by Crippen LogP contribution is 2.21. The zero-order valence-corrected chi connectivity index (χ0v) is 10.8. The van der Waals surface area contributed by atoms with Gasteiger partial charge in [0.05, 0.1) is 4.92 Å². The van der Waals surface area contributed by atoms with E-state index in [-0.39, 0.29) is 11.7 Å². The SMILES string of the molecule is Cc1nc(N[C@@H](C)c2ccccc2)ccc1[N+](=O)[O-]. The van der Waals surface area contributed by atoms with Crippen molar-refractivity contribution in [2.24, 2.45) is 0 Å². The summed E-state index contributed by atoms with van der Waals surface area (Å²) in [6.07, 6.45) is 0. The Morgan fingerprint density at radius 2 is 1.89 bits per heavy atom. The van der Waals surface area contributed by atoms with Crippen molar-refractivity contribution in [2.75, 3.05) is 5.32 Å². The van der Waals surface area contributed by atoms with Crippen molar-refractivity contribution in [3.05, 3.63) is 63.8 Å². The van der Waals surface area contributed by atoms with Crippen LogP contribution >= 0.6 is 0 Å². The Hall–Kier alpha value is -2.43. The molecule has 0 fully saturated rings. The van der Waals surface area contributed by atoms with Gasteiger partial charge in [0.15, 0.2) is 0 Å². The minimum atomic E-state index is -0.424. The van der Waals surface area contributed by atoms with E-state index in [0.717, 1.165) is 5.56 Å². The van der Waals surface area contributed by atoms with Gasteiger partial charge >= 0.3 is 0 Å². The summed E-state index contributed by atoms with van der Waals surface area (Å²) in [4.78, 5) is 14.5. The number of nitrogens with one attached hydrogen (secondary N) is 1. The molecule has 1 atom stereocenters. The summed E-state index contributed by atoms with van der Waals surface area (Å²) in [5.41, 5.74) is 1.59. The Morgan fingerprint density at radius 1 is 1.21 bits per heavy atom. The lowest BCUT2D eigenvalue weighted by atomic mass is 10.1. The summed E-state index contributed by atoms with van der Waals surface area (Å²) in [6.45, 7) is 3.66. The van der Waals surface area contributed by atoms with Crippen molar-refractivity contribution in [2.45, 2.75) is 19.9 Å². The smallest absolute Gasteiger partial charge is 0.290 e. The van der Waals surface area contributed by atoms with Crippen LogP contribution in [0.2, 0.25) is 0 Å². The Labute approximate surface area is 111 Å². The summed E-state index contributed by atoms with van der Waals surface area (Å²) < 4.78 is 0. The normalized spacial score (nSPS) is 11.9. The fraction of sp³-hybridized carbons (Fsp3) is 0.214. The number of benzene rings is 1. The van der Waals surface area contributed by atoms with Crippen LogP contribution in [0.5, 0.6) is 0 Å². The van der Waals surface area contributed by atoms with Crippen molar-refractivity contribution < 1.29 is 4.92 Å². The van der Waals surface area contributed by atoms with Gasteiger partial charge in [0.2, 0.25) is 0 Å². The zero-order chi connectivity index (χ0) is 13.8. The van der Waals surface area contributed by atoms with Crippen LogP contribution in [-0.4, -0.2) is 9.91 Å². The molecule has 0 saturated heterocycles. The first-order valence-corrected chi connectivity index (χ1v) is 6.01. The van der Waals surface area contributed by atoms with E-state index in [9.17, 15) is 10.1 Å². The molecule has 0 bridgehead atoms. The summed E-state index contributed by atoms with van der Waals surface area (Å²) in [6, 6.07) is 13.2. The van der Waals surface area contributed by atoms with E-state index in [0.29, 0.717) is 11.5 Å². The second kappa shape index (κ2) is 5.48. The van der Waals surface area contributed by atoms with Crippen LogP contribution in [0, 0.1) is 17.0 Å². The molecule has 5 nitrogen and oxygen atoms in total. The Balaban J connectivity index is 2.16. The minimum absolute atomic E-state index is 0.0397. The number of hydrogen-bond acceptors (Lipinski definition) is 4. The maximum absolute atomic E-state index is 10.7. The van der Waals surface area contributed by atoms with Gasteiger partial charge in [-0.1, -0.05) is 30.3 Å². The standard InChI is InChI=1S/C14H15N3O2/c1-10(12-6-4-3-5-7-12)15-14-9-8-13(17(18)19)11(2)16-14/h3-10H,1-2H3,(H,15,16)/t10-/m0/s1. The van der Waals surface area contributed by atoms with E-state index in [1.54, 1.807) is 13.0 Å². The molecule has 1 aromatic carbocycles. The molecule has 0 aliphatic rings. The fourth-order valence-corrected chi connectivity index (χ4v) is 1.87. The summed E-state index contributed by atoms with van der Waals surface area (Å²) >= 11 is 0. The molecule has 0 spiro atoms. The number of aryl methyl sites for hydroxylation is 1. The third kappa shape index (κ3) is 3.07. The first-order valence-electron chi connectivity index (χ1n) is 6.01. The molecular formula is C14H15N3O2. The van der Waals surface area contributed by atoms with Gasteiger partial charge in [-0.3, -0.25) is 10.1 Å². The second-order valence-corrected chi connectivity index (χ2v) is 4.33. The molecular weight excluding hydrogens is 242 g/mol. The highest BCUT2D eigenvalue weighted by Gasteiger charge is 2.13. The Bertz CT molecular complexity index is 584. The van der Waals surface area contributed by atoms with Gasteiger partial charge in [0, 0.05) is 12.1 Å². The van der Waals surface area contributed by atoms with Gasteiger partial charge < -0.3 is 5.32 Å². The summed E-state index contributed by atoms with van der Waals surface area (Å²) in [5, 5.41) is 14.0. The highest BCUT2D eigenvalue weighted by molar-refractivity contribution is 5.46. The maximum atomic E-state index is 10.7. The van der Waals surface area contributed by atoms with E-state index in [1.807, 2.05) is 37.3 Å². The van der Waals surface area contributed by atoms with Gasteiger partial charge in [-0.15, -0.1) is 0 Å². The lowest BCUT2D eigenvalue weighted by Gasteiger charge is -2.15. The van der Waals surface area contributed by atoms with E-state index >= 15 is 0 Å². The third-order valence-electron chi connectivity index (χ3n) is 2.92. The number of pyridine rings is 1. The molecule has 1 N–H and O–H groups in total. The van der Waals surface area contributed by atoms with Crippen LogP contribution in [0.3, 0.4) is 0 Å². The highest BCUT2D eigenvalue weighted by atomic mass is 16.6. The monoisotopic (exact) mass is 257 g/mol. The van der Waals surface area contributed by atoms with Crippen molar-refractivity contribution in [3.63, 3.8) is 0 Å². The minimum Gasteiger partial charge on any atom is -0.364 e. The molecule has 0 aliphatic heterocycles. The van der Waals surface area contributed by atoms with Gasteiger partial charge in [-0.2, -0.15) is 0 Å². The van der Waals surface area contributed by atoms with E-state index < -0.39 is 4.92 Å². The largest absolute Gasteiger partial charge is 0.364 e. The van der Waals surface area contributed by atoms with Crippen molar-refractivity contribution in [3.8, 4) is 0 Å². The molecule has 0 aliphatic carbocycles. The van der Waals surface area contributed by atoms with Gasteiger partial charge in [-0.05, 0) is 25.5 Å². The van der Waals surface area contributed by atoms with Crippen LogP contribution in [0.25, 0.3) is 0 Å². The van der Waals surface area contributed by atoms with Gasteiger partial charge in [0.1, 0.15) is 11.5 Å². The van der Waals surface area contributed by atoms with Crippen LogP contribution in [0.4, 0.5) is 11.5 Å². The molecule has 2 aromatic rings. The number of anilines is 1. The number of aromatic nitrogens is 1. The second-order valence-electron chi connectivity index (χ2n) is 4.33. The first kappa shape index (κ1) is 13.0. The third-order valence-corrected chi connectivity index (χ3v) is 2.92. The average Bonchev–Trinajstić information content (AvgIpc) is 2.39. The Kier molecular flexibility index (Phi) is 3.75. The molecule has 98 valence electrons. The number of hydrogen-bond donors (Lipinski definition) is 1. The Morgan fingerprint density at radius 3 is 2.47 bits per heavy atom. The average molecular weight is 257 g/mol. The number of nitrogens with zero attached hydrogens (tertiary/aromatic N) is 2. The quantitative estimate of drug-likeness (QED) is 0.672. The van der Waals surface area contributed by atoms with Gasteiger partial charge in [-0.25, -0.2) is 4.98 Å². The van der Waals surface area contributed by atoms with Gasteiger partial charge in [0.25, 0.3) is 5.69 Å². The predicted octanol–water partition coefficient (Wildman–Crippen LogP) is 3.47. The molecule has 1 heterocycles. The summed E-state index contributed by atoms with van der Waals surface area (Å²) in [5.74, 6) is 0.638. The predicted molar refractivity (Wildman–Crippen MR) is 74.1 cm³/mol. The fourth-order valence-electron chi connectivity index (χ4n) is 1.87. The topological polar surface area (TPSA) is 68.1 Å². The van der Waals surface area contributed by atoms with Crippen LogP contribution in [0.15, 0.2) is 42.5 Å². The first-order chi connectivity index (χ1) is 9.08. The molecule has 0 radical (unpaired) electrons. The number of rotatable bonds is 4. The van der Waals surface area contributed by atoms with Crippen molar-refractivity contribution in [1.29, 1.82) is 0 Å². The van der Waals surface area contributed by atoms with Crippen LogP contribution < -0.4 is 5.32 Å². The molecule has 5 heteroatoms. The van der Waals surface area contributed by atoms with Crippen LogP contribution in [-0.2, 0) is 0 Å². The van der Waals surface area contributed by atoms with Crippen molar-refractivity contribution in [1.82, 2.24) is 4.98 Å². The molecule has 0 unspecified atom stereocenters. The summed E-state index contributed by atoms with van der Waals surface area (Å²) in [7, 11) is 0. The molecule has 0 saturated carbocycles. The number of nitro groups is 1. The molecule has 19 heavy (non-hydrogen) atoms. The molecule has 0 amide bonds. The maximum Gasteiger partial charge on any atom is 0.290 e. The van der Waals surface area contributed by atoms with E-state index in [4.69, 9.17) is 0 Å². The van der Waals surface area contributed by atoms with E-state index in [2.05, 4.69) is 10.3 Å². The molecule has 2 rings (SSSR count). The van der Waals surface area contributed by atoms with E-state index in [1.165, 1.54) is 6.07 Å². The zero-order valence-electron chi connectivity index (χ0n) is 10.8.